The van der Waals surface area contributed by atoms with Gasteiger partial charge < -0.3 is 11.1 Å². The third-order valence-electron chi connectivity index (χ3n) is 4.58. The highest BCUT2D eigenvalue weighted by molar-refractivity contribution is 5.92. The van der Waals surface area contributed by atoms with Crippen LogP contribution in [0.25, 0.3) is 0 Å². The summed E-state index contributed by atoms with van der Waals surface area (Å²) in [5.74, 6) is 0.483. The number of fused-ring (bicyclic) bond motifs is 1. The number of nitrogens with one attached hydrogen (secondary N) is 1. The van der Waals surface area contributed by atoms with Crippen LogP contribution in [-0.4, -0.2) is 16.9 Å². The van der Waals surface area contributed by atoms with Crippen LogP contribution in [0.15, 0.2) is 18.5 Å². The molecule has 7 heteroatoms. The molecule has 0 aromatic carbocycles. The van der Waals surface area contributed by atoms with Gasteiger partial charge in [-0.3, -0.25) is 9.78 Å². The molecule has 0 bridgehead atoms. The third-order valence-corrected chi connectivity index (χ3v) is 4.58. The molecule has 1 heterocycles. The molecule has 1 aromatic heterocycles. The monoisotopic (exact) mass is 299 g/mol. The zero-order valence-electron chi connectivity index (χ0n) is 11.2. The molecule has 0 radical (unpaired) electrons. The molecule has 114 valence electrons. The van der Waals surface area contributed by atoms with E-state index in [1.165, 1.54) is 6.20 Å². The van der Waals surface area contributed by atoms with E-state index >= 15 is 0 Å². The molecule has 4 nitrogen and oxygen atoms in total. The molecule has 4 atom stereocenters. The highest BCUT2D eigenvalue weighted by Gasteiger charge is 2.47. The predicted molar refractivity (Wildman–Crippen MR) is 70.2 cm³/mol. The molecule has 3 N–H and O–H groups in total. The van der Waals surface area contributed by atoms with Crippen molar-refractivity contribution in [2.75, 3.05) is 5.32 Å². The quantitative estimate of drug-likeness (QED) is 0.881. The Balaban J connectivity index is 1.65. The molecular formula is C14H16F3N3O. The molecule has 0 spiro atoms. The first-order valence-electron chi connectivity index (χ1n) is 6.93. The molecule has 4 unspecified atom stereocenters. The predicted octanol–water partition coefficient (Wildman–Crippen LogP) is 2.41. The van der Waals surface area contributed by atoms with Gasteiger partial charge in [0.25, 0.3) is 0 Å². The Kier molecular flexibility index (Phi) is 3.39. The molecule has 2 fully saturated rings. The van der Waals surface area contributed by atoms with Gasteiger partial charge in [-0.1, -0.05) is 0 Å². The maximum absolute atomic E-state index is 12.6. The van der Waals surface area contributed by atoms with Crippen molar-refractivity contribution in [3.05, 3.63) is 24.0 Å². The number of aromatic nitrogens is 1. The van der Waals surface area contributed by atoms with Crippen molar-refractivity contribution in [2.24, 2.45) is 23.5 Å². The van der Waals surface area contributed by atoms with Crippen LogP contribution in [-0.2, 0) is 11.0 Å². The standard InChI is InChI=1S/C14H16F3N3O/c15-14(16,17)9-4-10(6-19-5-9)20-13(21)8-1-7-3-12(18)11(7)2-8/h4-8,11-12H,1-3,18H2,(H,20,21). The van der Waals surface area contributed by atoms with E-state index in [2.05, 4.69) is 10.3 Å². The lowest BCUT2D eigenvalue weighted by Gasteiger charge is -2.37. The van der Waals surface area contributed by atoms with Gasteiger partial charge in [0, 0.05) is 18.2 Å². The van der Waals surface area contributed by atoms with Gasteiger partial charge in [-0.05, 0) is 37.2 Å². The number of carbonyl (C=O) groups excluding carboxylic acids is 1. The lowest BCUT2D eigenvalue weighted by Crippen LogP contribution is -2.44. The van der Waals surface area contributed by atoms with Crippen molar-refractivity contribution in [1.82, 2.24) is 4.98 Å². The fraction of sp³-hybridized carbons (Fsp3) is 0.571. The van der Waals surface area contributed by atoms with Crippen LogP contribution in [0.3, 0.4) is 0 Å². The van der Waals surface area contributed by atoms with Gasteiger partial charge in [0.15, 0.2) is 0 Å². The van der Waals surface area contributed by atoms with E-state index in [0.29, 0.717) is 11.8 Å². The van der Waals surface area contributed by atoms with Crippen molar-refractivity contribution in [1.29, 1.82) is 0 Å². The number of rotatable bonds is 2. The van der Waals surface area contributed by atoms with Crippen LogP contribution < -0.4 is 11.1 Å². The summed E-state index contributed by atoms with van der Waals surface area (Å²) in [4.78, 5) is 15.7. The summed E-state index contributed by atoms with van der Waals surface area (Å²) in [6, 6.07) is 1.07. The van der Waals surface area contributed by atoms with Crippen LogP contribution in [0.2, 0.25) is 0 Å². The van der Waals surface area contributed by atoms with E-state index in [9.17, 15) is 18.0 Å². The van der Waals surface area contributed by atoms with Crippen LogP contribution in [0.4, 0.5) is 18.9 Å². The molecule has 1 amide bonds. The molecule has 2 aliphatic carbocycles. The Bertz CT molecular complexity index is 561. The van der Waals surface area contributed by atoms with Gasteiger partial charge in [-0.25, -0.2) is 0 Å². The lowest BCUT2D eigenvalue weighted by atomic mass is 9.72. The number of alkyl halides is 3. The second-order valence-corrected chi connectivity index (χ2v) is 5.94. The Labute approximate surface area is 119 Å². The number of nitrogens with zero attached hydrogens (tertiary/aromatic N) is 1. The average Bonchev–Trinajstić information content (AvgIpc) is 2.75. The molecule has 0 saturated heterocycles. The number of halogens is 3. The lowest BCUT2D eigenvalue weighted by molar-refractivity contribution is -0.137. The van der Waals surface area contributed by atoms with Crippen molar-refractivity contribution in [3.63, 3.8) is 0 Å². The maximum atomic E-state index is 12.6. The fourth-order valence-electron chi connectivity index (χ4n) is 3.40. The largest absolute Gasteiger partial charge is 0.417 e. The second-order valence-electron chi connectivity index (χ2n) is 5.94. The fourth-order valence-corrected chi connectivity index (χ4v) is 3.40. The normalized spacial score (nSPS) is 31.4. The van der Waals surface area contributed by atoms with Crippen LogP contribution in [0.5, 0.6) is 0 Å². The van der Waals surface area contributed by atoms with E-state index < -0.39 is 11.7 Å². The number of pyridine rings is 1. The van der Waals surface area contributed by atoms with Gasteiger partial charge >= 0.3 is 6.18 Å². The summed E-state index contributed by atoms with van der Waals surface area (Å²) in [7, 11) is 0. The first-order valence-corrected chi connectivity index (χ1v) is 6.93. The number of carbonyl (C=O) groups is 1. The van der Waals surface area contributed by atoms with Gasteiger partial charge in [0.1, 0.15) is 0 Å². The van der Waals surface area contributed by atoms with Crippen molar-refractivity contribution in [2.45, 2.75) is 31.5 Å². The van der Waals surface area contributed by atoms with Crippen LogP contribution in [0.1, 0.15) is 24.8 Å². The second kappa shape index (κ2) is 4.98. The van der Waals surface area contributed by atoms with E-state index in [1.807, 2.05) is 0 Å². The summed E-state index contributed by atoms with van der Waals surface area (Å²) in [5, 5.41) is 2.54. The SMILES string of the molecule is NC1CC2CC(C(=O)Nc3cncc(C(F)(F)F)c3)CC12. The minimum atomic E-state index is -4.47. The Hall–Kier alpha value is -1.63. The van der Waals surface area contributed by atoms with E-state index in [1.54, 1.807) is 0 Å². The summed E-state index contributed by atoms with van der Waals surface area (Å²) in [5.41, 5.74) is 5.09. The average molecular weight is 299 g/mol. The Morgan fingerprint density at radius 3 is 2.67 bits per heavy atom. The first-order chi connectivity index (χ1) is 9.84. The van der Waals surface area contributed by atoms with Crippen LogP contribution >= 0.6 is 0 Å². The molecule has 2 saturated carbocycles. The van der Waals surface area contributed by atoms with E-state index in [4.69, 9.17) is 5.73 Å². The van der Waals surface area contributed by atoms with Gasteiger partial charge in [0.2, 0.25) is 5.91 Å². The van der Waals surface area contributed by atoms with Crippen LogP contribution in [0, 0.1) is 17.8 Å². The smallest absolute Gasteiger partial charge is 0.327 e. The topological polar surface area (TPSA) is 68.0 Å². The minimum absolute atomic E-state index is 0.0818. The Morgan fingerprint density at radius 1 is 1.29 bits per heavy atom. The first kappa shape index (κ1) is 14.3. The molecular weight excluding hydrogens is 283 g/mol. The summed E-state index contributed by atoms with van der Waals surface area (Å²) in [6.07, 6.45) is -0.0555. The van der Waals surface area contributed by atoms with E-state index in [-0.39, 0.29) is 23.6 Å². The maximum Gasteiger partial charge on any atom is 0.417 e. The zero-order valence-corrected chi connectivity index (χ0v) is 11.2. The molecule has 2 aliphatic rings. The van der Waals surface area contributed by atoms with Gasteiger partial charge in [-0.2, -0.15) is 13.2 Å². The third kappa shape index (κ3) is 2.74. The highest BCUT2D eigenvalue weighted by atomic mass is 19.4. The molecule has 3 rings (SSSR count). The zero-order chi connectivity index (χ0) is 15.2. The van der Waals surface area contributed by atoms with Crippen molar-refractivity contribution in [3.8, 4) is 0 Å². The number of nitrogens with two attached hydrogens (primary N) is 1. The summed E-state index contributed by atoms with van der Waals surface area (Å²) in [6.45, 7) is 0. The molecule has 1 aromatic rings. The number of hydrogen-bond donors (Lipinski definition) is 2. The molecule has 0 aliphatic heterocycles. The van der Waals surface area contributed by atoms with Crippen molar-refractivity contribution < 1.29 is 18.0 Å². The summed E-state index contributed by atoms with van der Waals surface area (Å²) >= 11 is 0. The minimum Gasteiger partial charge on any atom is -0.327 e. The number of amides is 1. The highest BCUT2D eigenvalue weighted by Crippen LogP contribution is 2.49. The van der Waals surface area contributed by atoms with Crippen molar-refractivity contribution >= 4 is 11.6 Å². The summed E-state index contributed by atoms with van der Waals surface area (Å²) < 4.78 is 37.8. The Morgan fingerprint density at radius 2 is 2.05 bits per heavy atom. The number of hydrogen-bond acceptors (Lipinski definition) is 3. The molecule has 21 heavy (non-hydrogen) atoms. The van der Waals surface area contributed by atoms with Gasteiger partial charge in [-0.15, -0.1) is 0 Å². The number of anilines is 1. The van der Waals surface area contributed by atoms with Gasteiger partial charge in [0.05, 0.1) is 17.4 Å². The van der Waals surface area contributed by atoms with E-state index in [0.717, 1.165) is 31.5 Å².